The van der Waals surface area contributed by atoms with Gasteiger partial charge < -0.3 is 15.8 Å². The van der Waals surface area contributed by atoms with Crippen molar-refractivity contribution in [2.24, 2.45) is 11.8 Å². The molecule has 17 heavy (non-hydrogen) atoms. The summed E-state index contributed by atoms with van der Waals surface area (Å²) in [5.41, 5.74) is 7.61. The van der Waals surface area contributed by atoms with Gasteiger partial charge in [-0.1, -0.05) is 26.8 Å². The molecule has 3 heteroatoms. The summed E-state index contributed by atoms with van der Waals surface area (Å²) in [6.45, 7) is 8.59. The minimum atomic E-state index is 0.676. The van der Waals surface area contributed by atoms with Crippen LogP contribution in [0.25, 0.3) is 0 Å². The van der Waals surface area contributed by atoms with Crippen molar-refractivity contribution in [2.75, 3.05) is 19.4 Å². The second kappa shape index (κ2) is 6.50. The molecule has 0 saturated carbocycles. The Morgan fingerprint density at radius 1 is 1.29 bits per heavy atom. The van der Waals surface area contributed by atoms with Gasteiger partial charge in [0.1, 0.15) is 5.75 Å². The summed E-state index contributed by atoms with van der Waals surface area (Å²) in [6.07, 6.45) is 0. The van der Waals surface area contributed by atoms with E-state index in [1.165, 1.54) is 0 Å². The van der Waals surface area contributed by atoms with E-state index in [1.54, 1.807) is 7.11 Å². The van der Waals surface area contributed by atoms with Gasteiger partial charge in [-0.2, -0.15) is 0 Å². The van der Waals surface area contributed by atoms with E-state index in [2.05, 4.69) is 26.1 Å². The molecule has 96 valence electrons. The first kappa shape index (κ1) is 13.8. The number of nitrogens with two attached hydrogens (primary N) is 1. The Morgan fingerprint density at radius 3 is 2.59 bits per heavy atom. The van der Waals surface area contributed by atoms with E-state index in [0.29, 0.717) is 11.8 Å². The standard InChI is InChI=1S/C14H24N2O/c1-10(2)11(3)8-16-9-12-5-6-13(15)7-14(12)17-4/h5-7,10-11,16H,8-9,15H2,1-4H3. The maximum atomic E-state index is 5.72. The van der Waals surface area contributed by atoms with Crippen LogP contribution in [0.3, 0.4) is 0 Å². The van der Waals surface area contributed by atoms with Crippen molar-refractivity contribution in [3.05, 3.63) is 23.8 Å². The van der Waals surface area contributed by atoms with Gasteiger partial charge in [0.15, 0.2) is 0 Å². The van der Waals surface area contributed by atoms with Gasteiger partial charge in [0.2, 0.25) is 0 Å². The van der Waals surface area contributed by atoms with Crippen LogP contribution in [-0.4, -0.2) is 13.7 Å². The van der Waals surface area contributed by atoms with Crippen molar-refractivity contribution >= 4 is 5.69 Å². The SMILES string of the molecule is COc1cc(N)ccc1CNCC(C)C(C)C. The molecular formula is C14H24N2O. The fourth-order valence-corrected chi connectivity index (χ4v) is 1.58. The summed E-state index contributed by atoms with van der Waals surface area (Å²) in [7, 11) is 1.68. The molecule has 1 unspecified atom stereocenters. The number of hydrogen-bond donors (Lipinski definition) is 2. The van der Waals surface area contributed by atoms with Gasteiger partial charge in [0.05, 0.1) is 7.11 Å². The van der Waals surface area contributed by atoms with Gasteiger partial charge in [-0.3, -0.25) is 0 Å². The molecule has 0 fully saturated rings. The molecule has 0 amide bonds. The smallest absolute Gasteiger partial charge is 0.125 e. The molecule has 0 aromatic heterocycles. The molecule has 0 bridgehead atoms. The average Bonchev–Trinajstić information content (AvgIpc) is 2.30. The Kier molecular flexibility index (Phi) is 5.29. The molecule has 1 rings (SSSR count). The van der Waals surface area contributed by atoms with Crippen molar-refractivity contribution in [1.82, 2.24) is 5.32 Å². The molecule has 3 nitrogen and oxygen atoms in total. The second-order valence-electron chi connectivity index (χ2n) is 4.92. The molecule has 1 aromatic rings. The van der Waals surface area contributed by atoms with Gasteiger partial charge in [-0.05, 0) is 24.4 Å². The number of hydrogen-bond acceptors (Lipinski definition) is 3. The lowest BCUT2D eigenvalue weighted by Crippen LogP contribution is -2.24. The average molecular weight is 236 g/mol. The fourth-order valence-electron chi connectivity index (χ4n) is 1.58. The van der Waals surface area contributed by atoms with Crippen molar-refractivity contribution in [1.29, 1.82) is 0 Å². The molecule has 0 spiro atoms. The number of benzene rings is 1. The Balaban J connectivity index is 2.52. The summed E-state index contributed by atoms with van der Waals surface area (Å²) in [6, 6.07) is 5.79. The van der Waals surface area contributed by atoms with Gasteiger partial charge in [-0.15, -0.1) is 0 Å². The van der Waals surface area contributed by atoms with E-state index in [9.17, 15) is 0 Å². The van der Waals surface area contributed by atoms with Crippen molar-refractivity contribution in [2.45, 2.75) is 27.3 Å². The first-order valence-electron chi connectivity index (χ1n) is 6.17. The minimum Gasteiger partial charge on any atom is -0.496 e. The normalized spacial score (nSPS) is 12.8. The number of methoxy groups -OCH3 is 1. The zero-order chi connectivity index (χ0) is 12.8. The van der Waals surface area contributed by atoms with Crippen LogP contribution < -0.4 is 15.8 Å². The first-order valence-corrected chi connectivity index (χ1v) is 6.17. The largest absolute Gasteiger partial charge is 0.496 e. The number of nitrogens with one attached hydrogen (secondary N) is 1. The molecule has 0 heterocycles. The molecule has 3 N–H and O–H groups in total. The highest BCUT2D eigenvalue weighted by Crippen LogP contribution is 2.21. The number of anilines is 1. The summed E-state index contributed by atoms with van der Waals surface area (Å²) in [5, 5.41) is 3.46. The van der Waals surface area contributed by atoms with Crippen molar-refractivity contribution < 1.29 is 4.74 Å². The fraction of sp³-hybridized carbons (Fsp3) is 0.571. The molecule has 0 saturated heterocycles. The molecule has 1 aromatic carbocycles. The molecule has 0 aliphatic heterocycles. The Hall–Kier alpha value is -1.22. The number of nitrogen functional groups attached to an aromatic ring is 1. The van der Waals surface area contributed by atoms with E-state index in [0.717, 1.165) is 30.1 Å². The predicted octanol–water partition coefficient (Wildman–Crippen LogP) is 2.66. The van der Waals surface area contributed by atoms with Crippen LogP contribution in [0.4, 0.5) is 5.69 Å². The Morgan fingerprint density at radius 2 is 2.00 bits per heavy atom. The minimum absolute atomic E-state index is 0.676. The molecule has 0 aliphatic carbocycles. The highest BCUT2D eigenvalue weighted by Gasteiger charge is 2.07. The van der Waals surface area contributed by atoms with Crippen LogP contribution >= 0.6 is 0 Å². The van der Waals surface area contributed by atoms with E-state index in [4.69, 9.17) is 10.5 Å². The van der Waals surface area contributed by atoms with Gasteiger partial charge in [0.25, 0.3) is 0 Å². The topological polar surface area (TPSA) is 47.3 Å². The van der Waals surface area contributed by atoms with Gasteiger partial charge in [-0.25, -0.2) is 0 Å². The molecule has 1 atom stereocenters. The van der Waals surface area contributed by atoms with Gasteiger partial charge >= 0.3 is 0 Å². The van der Waals surface area contributed by atoms with Crippen LogP contribution in [0.15, 0.2) is 18.2 Å². The molecule has 0 aliphatic rings. The van der Waals surface area contributed by atoms with Crippen molar-refractivity contribution in [3.8, 4) is 5.75 Å². The van der Waals surface area contributed by atoms with Crippen LogP contribution in [0.2, 0.25) is 0 Å². The maximum absolute atomic E-state index is 5.72. The van der Waals surface area contributed by atoms with Crippen LogP contribution in [0.1, 0.15) is 26.3 Å². The van der Waals surface area contributed by atoms with Crippen LogP contribution in [0.5, 0.6) is 5.75 Å². The van der Waals surface area contributed by atoms with Crippen LogP contribution in [0, 0.1) is 11.8 Å². The quantitative estimate of drug-likeness (QED) is 0.746. The molecular weight excluding hydrogens is 212 g/mol. The van der Waals surface area contributed by atoms with E-state index < -0.39 is 0 Å². The van der Waals surface area contributed by atoms with E-state index in [1.807, 2.05) is 18.2 Å². The third-order valence-corrected chi connectivity index (χ3v) is 3.23. The third kappa shape index (κ3) is 4.27. The summed E-state index contributed by atoms with van der Waals surface area (Å²) in [5.74, 6) is 2.24. The third-order valence-electron chi connectivity index (χ3n) is 3.23. The van der Waals surface area contributed by atoms with E-state index >= 15 is 0 Å². The summed E-state index contributed by atoms with van der Waals surface area (Å²) < 4.78 is 5.31. The first-order chi connectivity index (χ1) is 8.04. The number of ether oxygens (including phenoxy) is 1. The monoisotopic (exact) mass is 236 g/mol. The Labute approximate surface area is 104 Å². The highest BCUT2D eigenvalue weighted by molar-refractivity contribution is 5.48. The van der Waals surface area contributed by atoms with Crippen LogP contribution in [-0.2, 0) is 6.54 Å². The lowest BCUT2D eigenvalue weighted by Gasteiger charge is -2.17. The Bertz CT molecular complexity index is 350. The predicted molar refractivity (Wildman–Crippen MR) is 73.1 cm³/mol. The summed E-state index contributed by atoms with van der Waals surface area (Å²) in [4.78, 5) is 0. The zero-order valence-electron chi connectivity index (χ0n) is 11.3. The van der Waals surface area contributed by atoms with Gasteiger partial charge in [0, 0.05) is 23.9 Å². The summed E-state index contributed by atoms with van der Waals surface area (Å²) >= 11 is 0. The lowest BCUT2D eigenvalue weighted by atomic mass is 9.98. The number of rotatable bonds is 6. The van der Waals surface area contributed by atoms with E-state index in [-0.39, 0.29) is 0 Å². The second-order valence-corrected chi connectivity index (χ2v) is 4.92. The zero-order valence-corrected chi connectivity index (χ0v) is 11.3. The maximum Gasteiger partial charge on any atom is 0.125 e. The van der Waals surface area contributed by atoms with Crippen molar-refractivity contribution in [3.63, 3.8) is 0 Å². The highest BCUT2D eigenvalue weighted by atomic mass is 16.5. The lowest BCUT2D eigenvalue weighted by molar-refractivity contribution is 0.384. The molecule has 0 radical (unpaired) electrons.